The molecule has 0 aliphatic rings. The minimum Gasteiger partial charge on any atom is -0.462 e. The molecule has 0 aromatic heterocycles. The van der Waals surface area contributed by atoms with E-state index in [4.69, 9.17) is 14.2 Å². The zero-order valence-corrected chi connectivity index (χ0v) is 48.2. The summed E-state index contributed by atoms with van der Waals surface area (Å²) in [5.41, 5.74) is 0. The highest BCUT2D eigenvalue weighted by atomic mass is 16.6. The highest BCUT2D eigenvalue weighted by Gasteiger charge is 2.19. The van der Waals surface area contributed by atoms with Crippen LogP contribution in [-0.4, -0.2) is 37.2 Å². The second-order valence-electron chi connectivity index (χ2n) is 22.8. The first kappa shape index (κ1) is 68.4. The molecular weight excluding hydrogens is 865 g/mol. The summed E-state index contributed by atoms with van der Waals surface area (Å²) >= 11 is 0. The average Bonchev–Trinajstić information content (AvgIpc) is 3.35. The lowest BCUT2D eigenvalue weighted by molar-refractivity contribution is -0.167. The Morgan fingerprint density at radius 3 is 0.814 bits per heavy atom. The van der Waals surface area contributed by atoms with Gasteiger partial charge in [0.25, 0.3) is 0 Å². The summed E-state index contributed by atoms with van der Waals surface area (Å²) in [6.07, 6.45) is 62.4. The first-order chi connectivity index (χ1) is 34.3. The monoisotopic (exact) mass is 989 g/mol. The third-order valence-corrected chi connectivity index (χ3v) is 15.1. The second-order valence-corrected chi connectivity index (χ2v) is 22.8. The van der Waals surface area contributed by atoms with Crippen LogP contribution in [0.5, 0.6) is 0 Å². The number of carbonyl (C=O) groups excluding carboxylic acids is 3. The van der Waals surface area contributed by atoms with Crippen molar-refractivity contribution in [2.24, 2.45) is 11.8 Å². The summed E-state index contributed by atoms with van der Waals surface area (Å²) in [6, 6.07) is 0. The van der Waals surface area contributed by atoms with Gasteiger partial charge in [-0.1, -0.05) is 324 Å². The number of esters is 3. The summed E-state index contributed by atoms with van der Waals surface area (Å²) < 4.78 is 16.9. The van der Waals surface area contributed by atoms with Crippen LogP contribution in [0.2, 0.25) is 0 Å². The molecule has 6 heteroatoms. The van der Waals surface area contributed by atoms with Crippen LogP contribution >= 0.6 is 0 Å². The normalized spacial score (nSPS) is 12.4. The van der Waals surface area contributed by atoms with Crippen LogP contribution in [0.25, 0.3) is 0 Å². The largest absolute Gasteiger partial charge is 0.462 e. The van der Waals surface area contributed by atoms with Crippen LogP contribution in [0.1, 0.15) is 362 Å². The molecule has 0 heterocycles. The smallest absolute Gasteiger partial charge is 0.306 e. The van der Waals surface area contributed by atoms with Gasteiger partial charge in [-0.05, 0) is 31.1 Å². The molecule has 0 spiro atoms. The van der Waals surface area contributed by atoms with Gasteiger partial charge in [0.15, 0.2) is 6.10 Å². The van der Waals surface area contributed by atoms with E-state index < -0.39 is 6.10 Å². The van der Waals surface area contributed by atoms with Crippen molar-refractivity contribution in [3.05, 3.63) is 0 Å². The Morgan fingerprint density at radius 1 is 0.300 bits per heavy atom. The highest BCUT2D eigenvalue weighted by Crippen LogP contribution is 2.19. The van der Waals surface area contributed by atoms with Gasteiger partial charge in [0.2, 0.25) is 0 Å². The maximum atomic E-state index is 12.9. The standard InChI is InChI=1S/C64H124O6/c1-6-8-9-10-11-12-13-14-24-31-36-41-46-51-56-64(67)70-61(58-69-63(66)55-50-45-40-35-30-26-21-22-27-32-37-42-47-52-59(3)4)57-68-62(65)54-49-44-39-34-29-25-20-18-16-15-17-19-23-28-33-38-43-48-53-60(5)7-2/h59-61H,6-58H2,1-5H3/t60?,61-/m1/s1. The van der Waals surface area contributed by atoms with Crippen LogP contribution in [-0.2, 0) is 28.6 Å². The molecule has 0 amide bonds. The molecule has 1 unspecified atom stereocenters. The molecule has 0 aliphatic heterocycles. The number of ether oxygens (including phenoxy) is 3. The van der Waals surface area contributed by atoms with Gasteiger partial charge in [-0.3, -0.25) is 14.4 Å². The lowest BCUT2D eigenvalue weighted by Gasteiger charge is -2.18. The minimum atomic E-state index is -0.763. The Hall–Kier alpha value is -1.59. The van der Waals surface area contributed by atoms with E-state index in [1.54, 1.807) is 0 Å². The number of carbonyl (C=O) groups is 3. The predicted octanol–water partition coefficient (Wildman–Crippen LogP) is 21.2. The second kappa shape index (κ2) is 56.7. The van der Waals surface area contributed by atoms with Crippen LogP contribution in [0, 0.1) is 11.8 Å². The molecular formula is C64H124O6. The number of unbranched alkanes of at least 4 members (excludes halogenated alkanes) is 42. The molecule has 2 atom stereocenters. The van der Waals surface area contributed by atoms with Crippen molar-refractivity contribution in [2.45, 2.75) is 368 Å². The van der Waals surface area contributed by atoms with E-state index >= 15 is 0 Å². The highest BCUT2D eigenvalue weighted by molar-refractivity contribution is 5.71. The van der Waals surface area contributed by atoms with Crippen LogP contribution in [0.15, 0.2) is 0 Å². The van der Waals surface area contributed by atoms with E-state index in [-0.39, 0.29) is 31.1 Å². The summed E-state index contributed by atoms with van der Waals surface area (Å²) in [4.78, 5) is 38.3. The predicted molar refractivity (Wildman–Crippen MR) is 303 cm³/mol. The van der Waals surface area contributed by atoms with E-state index in [0.29, 0.717) is 19.3 Å². The lowest BCUT2D eigenvalue weighted by Crippen LogP contribution is -2.30. The van der Waals surface area contributed by atoms with Crippen molar-refractivity contribution >= 4 is 17.9 Å². The molecule has 0 saturated carbocycles. The van der Waals surface area contributed by atoms with E-state index in [0.717, 1.165) is 69.6 Å². The van der Waals surface area contributed by atoms with Crippen LogP contribution in [0.3, 0.4) is 0 Å². The van der Waals surface area contributed by atoms with Gasteiger partial charge in [0.1, 0.15) is 13.2 Å². The topological polar surface area (TPSA) is 78.9 Å². The van der Waals surface area contributed by atoms with Gasteiger partial charge in [-0.2, -0.15) is 0 Å². The summed E-state index contributed by atoms with van der Waals surface area (Å²) in [5.74, 6) is 0.918. The van der Waals surface area contributed by atoms with Gasteiger partial charge >= 0.3 is 17.9 Å². The molecule has 70 heavy (non-hydrogen) atoms. The number of hydrogen-bond donors (Lipinski definition) is 0. The van der Waals surface area contributed by atoms with Crippen LogP contribution in [0.4, 0.5) is 0 Å². The van der Waals surface area contributed by atoms with Gasteiger partial charge in [-0.25, -0.2) is 0 Å². The van der Waals surface area contributed by atoms with E-state index in [1.807, 2.05) is 0 Å². The zero-order chi connectivity index (χ0) is 51.1. The third-order valence-electron chi connectivity index (χ3n) is 15.1. The Morgan fingerprint density at radius 2 is 0.543 bits per heavy atom. The molecule has 0 aromatic carbocycles. The van der Waals surface area contributed by atoms with E-state index in [1.165, 1.54) is 250 Å². The SMILES string of the molecule is CCCCCCCCCCCCCCCCC(=O)O[C@H](COC(=O)CCCCCCCCCCCCCCCCCCCCC(C)CC)COC(=O)CCCCCCCCCCCCCCCC(C)C. The molecule has 0 saturated heterocycles. The fourth-order valence-electron chi connectivity index (χ4n) is 9.90. The van der Waals surface area contributed by atoms with Gasteiger partial charge in [-0.15, -0.1) is 0 Å². The molecule has 0 bridgehead atoms. The van der Waals surface area contributed by atoms with Crippen molar-refractivity contribution in [3.63, 3.8) is 0 Å². The maximum absolute atomic E-state index is 12.9. The molecule has 0 rings (SSSR count). The van der Waals surface area contributed by atoms with Crippen molar-refractivity contribution in [1.82, 2.24) is 0 Å². The van der Waals surface area contributed by atoms with Gasteiger partial charge in [0, 0.05) is 19.3 Å². The van der Waals surface area contributed by atoms with Crippen molar-refractivity contribution in [2.75, 3.05) is 13.2 Å². The molecule has 6 nitrogen and oxygen atoms in total. The first-order valence-corrected chi connectivity index (χ1v) is 31.8. The quantitative estimate of drug-likeness (QED) is 0.0343. The Labute approximate surface area is 438 Å². The summed E-state index contributed by atoms with van der Waals surface area (Å²) in [6.45, 7) is 11.5. The lowest BCUT2D eigenvalue weighted by atomic mass is 9.99. The molecule has 0 fully saturated rings. The van der Waals surface area contributed by atoms with Crippen molar-refractivity contribution < 1.29 is 28.6 Å². The van der Waals surface area contributed by atoms with Gasteiger partial charge in [0.05, 0.1) is 0 Å². The molecule has 0 N–H and O–H groups in total. The first-order valence-electron chi connectivity index (χ1n) is 31.8. The summed E-state index contributed by atoms with van der Waals surface area (Å²) in [7, 11) is 0. The number of rotatable bonds is 58. The average molecular weight is 990 g/mol. The fraction of sp³-hybridized carbons (Fsp3) is 0.953. The van der Waals surface area contributed by atoms with Gasteiger partial charge < -0.3 is 14.2 Å². The fourth-order valence-corrected chi connectivity index (χ4v) is 9.90. The van der Waals surface area contributed by atoms with E-state index in [2.05, 4.69) is 34.6 Å². The summed E-state index contributed by atoms with van der Waals surface area (Å²) in [5, 5.41) is 0. The molecule has 416 valence electrons. The molecule has 0 aromatic rings. The Kier molecular flexibility index (Phi) is 55.4. The van der Waals surface area contributed by atoms with Crippen molar-refractivity contribution in [3.8, 4) is 0 Å². The molecule has 0 radical (unpaired) electrons. The maximum Gasteiger partial charge on any atom is 0.306 e. The van der Waals surface area contributed by atoms with Crippen LogP contribution < -0.4 is 0 Å². The molecule has 0 aliphatic carbocycles. The Bertz CT molecular complexity index is 1070. The Balaban J connectivity index is 4.24. The van der Waals surface area contributed by atoms with E-state index in [9.17, 15) is 14.4 Å². The number of hydrogen-bond acceptors (Lipinski definition) is 6. The third kappa shape index (κ3) is 55.7. The minimum absolute atomic E-state index is 0.0619. The zero-order valence-electron chi connectivity index (χ0n) is 48.2. The van der Waals surface area contributed by atoms with Crippen molar-refractivity contribution in [1.29, 1.82) is 0 Å².